The molecule has 1 aromatic heterocycles. The van der Waals surface area contributed by atoms with Crippen molar-refractivity contribution < 1.29 is 0 Å². The Balaban J connectivity index is 2.45. The minimum Gasteiger partial charge on any atom is -0.250 e. The summed E-state index contributed by atoms with van der Waals surface area (Å²) < 4.78 is 1.96. The average molecular weight is 260 g/mol. The van der Waals surface area contributed by atoms with E-state index in [4.69, 9.17) is 0 Å². The quantitative estimate of drug-likeness (QED) is 0.762. The van der Waals surface area contributed by atoms with E-state index >= 15 is 0 Å². The molecular weight excluding hydrogens is 242 g/mol. The minimum atomic E-state index is 0.574. The van der Waals surface area contributed by atoms with Crippen LogP contribution in [0.3, 0.4) is 0 Å². The fourth-order valence-corrected chi connectivity index (χ4v) is 1.58. The van der Waals surface area contributed by atoms with Crippen LogP contribution in [-0.2, 0) is 13.0 Å². The van der Waals surface area contributed by atoms with Crippen molar-refractivity contribution in [3.63, 3.8) is 0 Å². The Morgan fingerprint density at radius 3 is 2.79 bits per heavy atom. The van der Waals surface area contributed by atoms with E-state index in [0.29, 0.717) is 10.7 Å². The van der Waals surface area contributed by atoms with Crippen LogP contribution in [0.1, 0.15) is 33.0 Å². The lowest BCUT2D eigenvalue weighted by molar-refractivity contribution is 0.550. The fourth-order valence-electron chi connectivity index (χ4n) is 1.35. The Bertz CT molecular complexity index is 270. The van der Waals surface area contributed by atoms with Crippen molar-refractivity contribution in [3.05, 3.63) is 12.2 Å². The van der Waals surface area contributed by atoms with Crippen LogP contribution >= 0.6 is 15.9 Å². The molecule has 0 aromatic carbocycles. The molecule has 0 aliphatic carbocycles. The second-order valence-corrected chi connectivity index (χ2v) is 4.97. The lowest BCUT2D eigenvalue weighted by Crippen LogP contribution is -2.11. The first-order valence-corrected chi connectivity index (χ1v) is 6.07. The molecule has 0 saturated heterocycles. The van der Waals surface area contributed by atoms with Gasteiger partial charge < -0.3 is 0 Å². The Hall–Kier alpha value is -0.380. The number of aryl methyl sites for hydroxylation is 2. The van der Waals surface area contributed by atoms with Crippen LogP contribution < -0.4 is 0 Å². The molecule has 0 amide bonds. The van der Waals surface area contributed by atoms with Gasteiger partial charge in [-0.15, -0.1) is 0 Å². The van der Waals surface area contributed by atoms with Crippen molar-refractivity contribution in [2.24, 2.45) is 5.92 Å². The number of hydrogen-bond donors (Lipinski definition) is 0. The molecule has 0 fully saturated rings. The summed E-state index contributed by atoms with van der Waals surface area (Å²) >= 11 is 3.68. The van der Waals surface area contributed by atoms with Gasteiger partial charge in [-0.2, -0.15) is 5.10 Å². The summed E-state index contributed by atoms with van der Waals surface area (Å²) in [5.74, 6) is 1.77. The lowest BCUT2D eigenvalue weighted by atomic mass is 10.1. The van der Waals surface area contributed by atoms with E-state index in [9.17, 15) is 0 Å². The van der Waals surface area contributed by atoms with Gasteiger partial charge in [0, 0.05) is 17.8 Å². The minimum absolute atomic E-state index is 0.574. The molecule has 0 radical (unpaired) electrons. The summed E-state index contributed by atoms with van der Waals surface area (Å²) in [5.41, 5.74) is 0. The highest BCUT2D eigenvalue weighted by molar-refractivity contribution is 9.09. The van der Waals surface area contributed by atoms with Crippen LogP contribution in [0.5, 0.6) is 0 Å². The molecule has 0 bridgehead atoms. The Morgan fingerprint density at radius 2 is 2.21 bits per heavy atom. The molecule has 1 aromatic rings. The van der Waals surface area contributed by atoms with Gasteiger partial charge in [0.15, 0.2) is 0 Å². The molecule has 80 valence electrons. The monoisotopic (exact) mass is 259 g/mol. The van der Waals surface area contributed by atoms with E-state index in [-0.39, 0.29) is 0 Å². The highest BCUT2D eigenvalue weighted by Gasteiger charge is 2.11. The molecular formula is C10H18BrN3. The van der Waals surface area contributed by atoms with E-state index in [0.717, 1.165) is 25.2 Å². The zero-order valence-corrected chi connectivity index (χ0v) is 10.7. The maximum absolute atomic E-state index is 4.25. The van der Waals surface area contributed by atoms with Gasteiger partial charge >= 0.3 is 0 Å². The third-order valence-electron chi connectivity index (χ3n) is 2.36. The van der Waals surface area contributed by atoms with Crippen LogP contribution in [0.4, 0.5) is 0 Å². The van der Waals surface area contributed by atoms with Crippen LogP contribution in [0.2, 0.25) is 0 Å². The summed E-state index contributed by atoms with van der Waals surface area (Å²) in [6.07, 6.45) is 3.76. The number of alkyl halides is 1. The number of nitrogens with zero attached hydrogens (tertiary/aromatic N) is 3. The molecule has 1 heterocycles. The normalized spacial score (nSPS) is 13.5. The third kappa shape index (κ3) is 3.08. The van der Waals surface area contributed by atoms with Crippen molar-refractivity contribution in [1.29, 1.82) is 0 Å². The van der Waals surface area contributed by atoms with Gasteiger partial charge in [-0.1, -0.05) is 29.8 Å². The summed E-state index contributed by atoms with van der Waals surface area (Å²) in [6.45, 7) is 7.45. The SMILES string of the molecule is CCn1ncnc1CCC(Br)C(C)C. The first kappa shape index (κ1) is 11.7. The smallest absolute Gasteiger partial charge is 0.138 e. The first-order valence-electron chi connectivity index (χ1n) is 5.15. The zero-order chi connectivity index (χ0) is 10.6. The Kier molecular flexibility index (Phi) is 4.58. The lowest BCUT2D eigenvalue weighted by Gasteiger charge is -2.12. The average Bonchev–Trinajstić information content (AvgIpc) is 2.60. The topological polar surface area (TPSA) is 30.7 Å². The van der Waals surface area contributed by atoms with E-state index in [1.165, 1.54) is 0 Å². The summed E-state index contributed by atoms with van der Waals surface area (Å²) in [4.78, 5) is 4.82. The second kappa shape index (κ2) is 5.49. The fraction of sp³-hybridized carbons (Fsp3) is 0.800. The van der Waals surface area contributed by atoms with Gasteiger partial charge in [-0.25, -0.2) is 4.98 Å². The van der Waals surface area contributed by atoms with Crippen LogP contribution in [0.25, 0.3) is 0 Å². The number of aromatic nitrogens is 3. The number of halogens is 1. The third-order valence-corrected chi connectivity index (χ3v) is 3.88. The van der Waals surface area contributed by atoms with Gasteiger partial charge in [0.25, 0.3) is 0 Å². The molecule has 1 unspecified atom stereocenters. The Morgan fingerprint density at radius 1 is 1.50 bits per heavy atom. The molecule has 4 heteroatoms. The predicted octanol–water partition coefficient (Wildman–Crippen LogP) is 2.65. The van der Waals surface area contributed by atoms with Gasteiger partial charge in [-0.05, 0) is 19.3 Å². The largest absolute Gasteiger partial charge is 0.250 e. The van der Waals surface area contributed by atoms with E-state index in [1.807, 2.05) is 4.68 Å². The highest BCUT2D eigenvalue weighted by atomic mass is 79.9. The van der Waals surface area contributed by atoms with Gasteiger partial charge in [0.2, 0.25) is 0 Å². The standard InChI is InChI=1S/C10H18BrN3/c1-4-14-10(12-7-13-14)6-5-9(11)8(2)3/h7-9H,4-6H2,1-3H3. The maximum Gasteiger partial charge on any atom is 0.138 e. The number of hydrogen-bond acceptors (Lipinski definition) is 2. The molecule has 3 nitrogen and oxygen atoms in total. The van der Waals surface area contributed by atoms with Crippen molar-refractivity contribution >= 4 is 15.9 Å². The molecule has 0 N–H and O–H groups in total. The Labute approximate surface area is 94.0 Å². The molecule has 0 aliphatic heterocycles. The molecule has 0 aliphatic rings. The van der Waals surface area contributed by atoms with Crippen molar-refractivity contribution in [2.45, 2.75) is 45.0 Å². The van der Waals surface area contributed by atoms with E-state index in [2.05, 4.69) is 46.8 Å². The van der Waals surface area contributed by atoms with Crippen molar-refractivity contribution in [1.82, 2.24) is 14.8 Å². The van der Waals surface area contributed by atoms with Crippen LogP contribution in [0, 0.1) is 5.92 Å². The maximum atomic E-state index is 4.25. The summed E-state index contributed by atoms with van der Waals surface area (Å²) in [7, 11) is 0. The molecule has 1 rings (SSSR count). The summed E-state index contributed by atoms with van der Waals surface area (Å²) in [5, 5.41) is 4.15. The van der Waals surface area contributed by atoms with Crippen molar-refractivity contribution in [3.8, 4) is 0 Å². The number of rotatable bonds is 5. The highest BCUT2D eigenvalue weighted by Crippen LogP contribution is 2.17. The van der Waals surface area contributed by atoms with E-state index < -0.39 is 0 Å². The molecule has 14 heavy (non-hydrogen) atoms. The second-order valence-electron chi connectivity index (χ2n) is 3.79. The zero-order valence-electron chi connectivity index (χ0n) is 9.07. The van der Waals surface area contributed by atoms with Crippen LogP contribution in [-0.4, -0.2) is 19.6 Å². The molecule has 1 atom stereocenters. The van der Waals surface area contributed by atoms with Crippen LogP contribution in [0.15, 0.2) is 6.33 Å². The van der Waals surface area contributed by atoms with E-state index in [1.54, 1.807) is 6.33 Å². The molecule has 0 saturated carbocycles. The summed E-state index contributed by atoms with van der Waals surface area (Å²) in [6, 6.07) is 0. The first-order chi connectivity index (χ1) is 6.65. The molecule has 0 spiro atoms. The van der Waals surface area contributed by atoms with Gasteiger partial charge in [-0.3, -0.25) is 4.68 Å². The predicted molar refractivity (Wildman–Crippen MR) is 61.6 cm³/mol. The van der Waals surface area contributed by atoms with Gasteiger partial charge in [0.1, 0.15) is 12.2 Å². The van der Waals surface area contributed by atoms with Crippen molar-refractivity contribution in [2.75, 3.05) is 0 Å². The van der Waals surface area contributed by atoms with Gasteiger partial charge in [0.05, 0.1) is 0 Å².